The second-order valence-corrected chi connectivity index (χ2v) is 6.64. The van der Waals surface area contributed by atoms with Crippen LogP contribution >= 0.6 is 11.8 Å². The van der Waals surface area contributed by atoms with Gasteiger partial charge in [-0.2, -0.15) is 4.98 Å². The number of benzene rings is 1. The normalized spacial score (nSPS) is 15.9. The average Bonchev–Trinajstić information content (AvgIpc) is 3.09. The van der Waals surface area contributed by atoms with Crippen molar-refractivity contribution in [2.24, 2.45) is 0 Å². The summed E-state index contributed by atoms with van der Waals surface area (Å²) in [4.78, 5) is 4.50. The van der Waals surface area contributed by atoms with E-state index in [1.54, 1.807) is 18.1 Å². The number of thioether (sulfide) groups is 1. The van der Waals surface area contributed by atoms with E-state index in [0.717, 1.165) is 10.7 Å². The van der Waals surface area contributed by atoms with Crippen LogP contribution in [0, 0.1) is 0 Å². The molecule has 0 bridgehead atoms. The van der Waals surface area contributed by atoms with Gasteiger partial charge in [0.25, 0.3) is 0 Å². The molecule has 0 radical (unpaired) electrons. The molecular formula is C15H15N5OS. The molecule has 4 rings (SSSR count). The van der Waals surface area contributed by atoms with E-state index in [-0.39, 0.29) is 5.25 Å². The fourth-order valence-corrected chi connectivity index (χ4v) is 3.16. The highest BCUT2D eigenvalue weighted by Crippen LogP contribution is 2.40. The van der Waals surface area contributed by atoms with Crippen molar-refractivity contribution in [2.45, 2.75) is 36.2 Å². The molecule has 22 heavy (non-hydrogen) atoms. The lowest BCUT2D eigenvalue weighted by Gasteiger charge is -2.07. The van der Waals surface area contributed by atoms with Crippen molar-refractivity contribution in [3.8, 4) is 11.4 Å². The Hall–Kier alpha value is -2.15. The van der Waals surface area contributed by atoms with Gasteiger partial charge in [0.2, 0.25) is 11.7 Å². The molecule has 0 amide bonds. The van der Waals surface area contributed by atoms with Gasteiger partial charge < -0.3 is 9.09 Å². The predicted octanol–water partition coefficient (Wildman–Crippen LogP) is 3.52. The van der Waals surface area contributed by atoms with E-state index in [1.165, 1.54) is 12.8 Å². The van der Waals surface area contributed by atoms with E-state index in [0.29, 0.717) is 17.8 Å². The topological polar surface area (TPSA) is 69.6 Å². The number of aromatic nitrogens is 5. The minimum atomic E-state index is 0.0339. The molecule has 0 spiro atoms. The molecule has 1 saturated carbocycles. The van der Waals surface area contributed by atoms with E-state index < -0.39 is 0 Å². The third-order valence-corrected chi connectivity index (χ3v) is 4.64. The fourth-order valence-electron chi connectivity index (χ4n) is 2.23. The third-order valence-electron chi connectivity index (χ3n) is 3.58. The van der Waals surface area contributed by atoms with Crippen molar-refractivity contribution in [1.82, 2.24) is 24.9 Å². The van der Waals surface area contributed by atoms with Gasteiger partial charge in [-0.1, -0.05) is 47.3 Å². The molecule has 1 aromatic carbocycles. The lowest BCUT2D eigenvalue weighted by Crippen LogP contribution is -1.97. The second-order valence-electron chi connectivity index (χ2n) is 5.33. The van der Waals surface area contributed by atoms with Crippen LogP contribution in [0.25, 0.3) is 11.4 Å². The number of rotatable bonds is 5. The van der Waals surface area contributed by atoms with Gasteiger partial charge in [0.05, 0.1) is 5.25 Å². The Morgan fingerprint density at radius 2 is 2.09 bits per heavy atom. The van der Waals surface area contributed by atoms with E-state index in [1.807, 2.05) is 37.3 Å². The summed E-state index contributed by atoms with van der Waals surface area (Å²) in [6.07, 6.45) is 4.22. The maximum absolute atomic E-state index is 5.41. The lowest BCUT2D eigenvalue weighted by molar-refractivity contribution is 0.380. The summed E-state index contributed by atoms with van der Waals surface area (Å²) < 4.78 is 7.54. The van der Waals surface area contributed by atoms with Gasteiger partial charge in [0.15, 0.2) is 5.16 Å². The average molecular weight is 313 g/mol. The maximum Gasteiger partial charge on any atom is 0.240 e. The van der Waals surface area contributed by atoms with E-state index in [9.17, 15) is 0 Å². The quantitative estimate of drug-likeness (QED) is 0.671. The molecule has 0 saturated heterocycles. The Morgan fingerprint density at radius 1 is 1.27 bits per heavy atom. The lowest BCUT2D eigenvalue weighted by atomic mass is 10.2. The summed E-state index contributed by atoms with van der Waals surface area (Å²) in [5.41, 5.74) is 0.954. The number of nitrogens with zero attached hydrogens (tertiary/aromatic N) is 5. The first-order chi connectivity index (χ1) is 10.8. The standard InChI is InChI=1S/C15H15N5OS/c1-10(22-15-18-16-9-20(15)12-7-8-12)14-17-13(19-21-14)11-5-3-2-4-6-11/h2-6,9-10,12H,7-8H2,1H3. The van der Waals surface area contributed by atoms with Crippen LogP contribution < -0.4 is 0 Å². The highest BCUT2D eigenvalue weighted by Gasteiger charge is 2.28. The van der Waals surface area contributed by atoms with Crippen molar-refractivity contribution in [1.29, 1.82) is 0 Å². The molecule has 6 nitrogen and oxygen atoms in total. The first-order valence-corrected chi connectivity index (χ1v) is 8.14. The molecule has 3 aromatic rings. The Morgan fingerprint density at radius 3 is 2.86 bits per heavy atom. The molecule has 112 valence electrons. The largest absolute Gasteiger partial charge is 0.338 e. The van der Waals surface area contributed by atoms with Crippen LogP contribution in [0.15, 0.2) is 46.3 Å². The Kier molecular flexibility index (Phi) is 3.42. The van der Waals surface area contributed by atoms with Crippen molar-refractivity contribution < 1.29 is 4.52 Å². The summed E-state index contributed by atoms with van der Waals surface area (Å²) in [6.45, 7) is 2.04. The maximum atomic E-state index is 5.41. The van der Waals surface area contributed by atoms with Crippen LogP contribution in [0.1, 0.15) is 36.9 Å². The van der Waals surface area contributed by atoms with Crippen LogP contribution in [0.2, 0.25) is 0 Å². The summed E-state index contributed by atoms with van der Waals surface area (Å²) in [7, 11) is 0. The van der Waals surface area contributed by atoms with E-state index >= 15 is 0 Å². The minimum absolute atomic E-state index is 0.0339. The van der Waals surface area contributed by atoms with Gasteiger partial charge in [-0.15, -0.1) is 10.2 Å². The molecule has 1 fully saturated rings. The van der Waals surface area contributed by atoms with Gasteiger partial charge in [0.1, 0.15) is 6.33 Å². The van der Waals surface area contributed by atoms with Crippen LogP contribution in [0.5, 0.6) is 0 Å². The van der Waals surface area contributed by atoms with Crippen LogP contribution in [0.4, 0.5) is 0 Å². The summed E-state index contributed by atoms with van der Waals surface area (Å²) >= 11 is 1.60. The molecule has 7 heteroatoms. The summed E-state index contributed by atoms with van der Waals surface area (Å²) in [5.74, 6) is 1.22. The van der Waals surface area contributed by atoms with Crippen molar-refractivity contribution in [3.63, 3.8) is 0 Å². The number of hydrogen-bond acceptors (Lipinski definition) is 6. The van der Waals surface area contributed by atoms with Crippen LogP contribution in [-0.2, 0) is 0 Å². The van der Waals surface area contributed by atoms with Crippen LogP contribution in [0.3, 0.4) is 0 Å². The molecular weight excluding hydrogens is 298 g/mol. The SMILES string of the molecule is CC(Sc1nncn1C1CC1)c1nc(-c2ccccc2)no1. The zero-order chi connectivity index (χ0) is 14.9. The molecule has 0 aliphatic heterocycles. The Bertz CT molecular complexity index is 765. The second kappa shape index (κ2) is 5.57. The van der Waals surface area contributed by atoms with Gasteiger partial charge in [-0.05, 0) is 19.8 Å². The highest BCUT2D eigenvalue weighted by atomic mass is 32.2. The molecule has 1 aliphatic rings. The fraction of sp³-hybridized carbons (Fsp3) is 0.333. The van der Waals surface area contributed by atoms with E-state index in [2.05, 4.69) is 24.9 Å². The van der Waals surface area contributed by atoms with Gasteiger partial charge >= 0.3 is 0 Å². The molecule has 2 heterocycles. The smallest absolute Gasteiger partial charge is 0.240 e. The van der Waals surface area contributed by atoms with Crippen molar-refractivity contribution in [2.75, 3.05) is 0 Å². The Labute approximate surface area is 131 Å². The van der Waals surface area contributed by atoms with Crippen molar-refractivity contribution in [3.05, 3.63) is 42.5 Å². The number of hydrogen-bond donors (Lipinski definition) is 0. The van der Waals surface area contributed by atoms with E-state index in [4.69, 9.17) is 4.52 Å². The zero-order valence-electron chi connectivity index (χ0n) is 12.1. The first kappa shape index (κ1) is 13.5. The molecule has 1 atom stereocenters. The van der Waals surface area contributed by atoms with Gasteiger partial charge in [-0.25, -0.2) is 0 Å². The van der Waals surface area contributed by atoms with Crippen LogP contribution in [-0.4, -0.2) is 24.9 Å². The van der Waals surface area contributed by atoms with Gasteiger partial charge in [0, 0.05) is 11.6 Å². The summed E-state index contributed by atoms with van der Waals surface area (Å²) in [6, 6.07) is 10.4. The van der Waals surface area contributed by atoms with Crippen molar-refractivity contribution >= 4 is 11.8 Å². The Balaban J connectivity index is 1.52. The first-order valence-electron chi connectivity index (χ1n) is 7.26. The molecule has 2 aromatic heterocycles. The molecule has 0 N–H and O–H groups in total. The minimum Gasteiger partial charge on any atom is -0.338 e. The van der Waals surface area contributed by atoms with Gasteiger partial charge in [-0.3, -0.25) is 0 Å². The molecule has 1 unspecified atom stereocenters. The molecule has 1 aliphatic carbocycles. The zero-order valence-corrected chi connectivity index (χ0v) is 12.9. The highest BCUT2D eigenvalue weighted by molar-refractivity contribution is 7.99. The monoisotopic (exact) mass is 313 g/mol. The third kappa shape index (κ3) is 2.64. The predicted molar refractivity (Wildman–Crippen MR) is 82.3 cm³/mol. The summed E-state index contributed by atoms with van der Waals surface area (Å²) in [5, 5.41) is 13.2.